The highest BCUT2D eigenvalue weighted by atomic mass is 79.9. The van der Waals surface area contributed by atoms with Crippen molar-refractivity contribution in [1.29, 1.82) is 0 Å². The number of aryl methyl sites for hydroxylation is 1. The number of benzene rings is 1. The van der Waals surface area contributed by atoms with E-state index < -0.39 is 0 Å². The highest BCUT2D eigenvalue weighted by molar-refractivity contribution is 9.10. The molecule has 1 aromatic carbocycles. The zero-order valence-corrected chi connectivity index (χ0v) is 11.7. The van der Waals surface area contributed by atoms with Crippen LogP contribution >= 0.6 is 15.9 Å². The first kappa shape index (κ1) is 12.6. The van der Waals surface area contributed by atoms with Crippen LogP contribution in [0.3, 0.4) is 0 Å². The van der Waals surface area contributed by atoms with Crippen LogP contribution in [-0.4, -0.2) is 12.5 Å². The van der Waals surface area contributed by atoms with Crippen LogP contribution in [0.1, 0.15) is 41.6 Å². The summed E-state index contributed by atoms with van der Waals surface area (Å²) >= 11 is 3.41. The summed E-state index contributed by atoms with van der Waals surface area (Å²) in [5.41, 5.74) is 1.84. The molecular weight excluding hydrogens is 278 g/mol. The third-order valence-corrected chi connectivity index (χ3v) is 3.83. The fraction of sp³-hybridized carbons (Fsp3) is 0.500. The predicted molar refractivity (Wildman–Crippen MR) is 73.2 cm³/mol. The third-order valence-electron chi connectivity index (χ3n) is 3.37. The summed E-state index contributed by atoms with van der Waals surface area (Å²) in [7, 11) is 0. The Balaban J connectivity index is 1.85. The van der Waals surface area contributed by atoms with Gasteiger partial charge in [0.25, 0.3) is 5.91 Å². The summed E-state index contributed by atoms with van der Waals surface area (Å²) in [6.07, 6.45) is 5.17. The van der Waals surface area contributed by atoms with Gasteiger partial charge in [0, 0.05) is 16.6 Å². The molecule has 0 saturated heterocycles. The molecule has 1 amide bonds. The van der Waals surface area contributed by atoms with E-state index >= 15 is 0 Å². The van der Waals surface area contributed by atoms with Crippen molar-refractivity contribution in [1.82, 2.24) is 5.32 Å². The SMILES string of the molecule is Cc1cc(Br)cc(C(=O)NCCC2CCC2)c1. The zero-order valence-electron chi connectivity index (χ0n) is 10.1. The summed E-state index contributed by atoms with van der Waals surface area (Å²) in [5, 5.41) is 2.99. The Morgan fingerprint density at radius 1 is 1.41 bits per heavy atom. The molecule has 0 aromatic heterocycles. The van der Waals surface area contributed by atoms with Crippen molar-refractivity contribution in [3.63, 3.8) is 0 Å². The lowest BCUT2D eigenvalue weighted by Gasteiger charge is -2.25. The Bertz CT molecular complexity index is 392. The minimum absolute atomic E-state index is 0.0359. The fourth-order valence-corrected chi connectivity index (χ4v) is 2.75. The van der Waals surface area contributed by atoms with Gasteiger partial charge in [-0.05, 0) is 43.0 Å². The van der Waals surface area contributed by atoms with Gasteiger partial charge >= 0.3 is 0 Å². The molecule has 0 spiro atoms. The predicted octanol–water partition coefficient (Wildman–Crippen LogP) is 3.68. The van der Waals surface area contributed by atoms with Gasteiger partial charge < -0.3 is 5.32 Å². The maximum Gasteiger partial charge on any atom is 0.251 e. The van der Waals surface area contributed by atoms with Gasteiger partial charge in [-0.3, -0.25) is 4.79 Å². The Kier molecular flexibility index (Phi) is 4.21. The molecule has 1 N–H and O–H groups in total. The normalized spacial score (nSPS) is 15.4. The highest BCUT2D eigenvalue weighted by Gasteiger charge is 2.17. The smallest absolute Gasteiger partial charge is 0.251 e. The Morgan fingerprint density at radius 2 is 2.18 bits per heavy atom. The summed E-state index contributed by atoms with van der Waals surface area (Å²) < 4.78 is 0.960. The lowest BCUT2D eigenvalue weighted by atomic mass is 9.83. The van der Waals surface area contributed by atoms with Crippen LogP contribution in [0.5, 0.6) is 0 Å². The second-order valence-corrected chi connectivity index (χ2v) is 5.77. The molecule has 2 nitrogen and oxygen atoms in total. The van der Waals surface area contributed by atoms with Crippen molar-refractivity contribution >= 4 is 21.8 Å². The number of halogens is 1. The molecule has 1 aliphatic carbocycles. The van der Waals surface area contributed by atoms with Crippen LogP contribution in [0.4, 0.5) is 0 Å². The standard InChI is InChI=1S/C14H18BrNO/c1-10-7-12(9-13(15)8-10)14(17)16-6-5-11-3-2-4-11/h7-9,11H,2-6H2,1H3,(H,16,17). The number of rotatable bonds is 4. The van der Waals surface area contributed by atoms with E-state index in [2.05, 4.69) is 21.2 Å². The summed E-state index contributed by atoms with van der Waals surface area (Å²) in [4.78, 5) is 11.9. The average molecular weight is 296 g/mol. The first-order valence-electron chi connectivity index (χ1n) is 6.20. The van der Waals surface area contributed by atoms with Crippen molar-refractivity contribution in [3.8, 4) is 0 Å². The van der Waals surface area contributed by atoms with Crippen LogP contribution in [-0.2, 0) is 0 Å². The van der Waals surface area contributed by atoms with Crippen LogP contribution in [0, 0.1) is 12.8 Å². The Morgan fingerprint density at radius 3 is 2.76 bits per heavy atom. The van der Waals surface area contributed by atoms with Crippen molar-refractivity contribution < 1.29 is 4.79 Å². The maximum absolute atomic E-state index is 11.9. The lowest BCUT2D eigenvalue weighted by Crippen LogP contribution is -2.27. The van der Waals surface area contributed by atoms with Gasteiger partial charge in [0.2, 0.25) is 0 Å². The summed E-state index contributed by atoms with van der Waals surface area (Å²) in [6, 6.07) is 5.79. The first-order valence-corrected chi connectivity index (χ1v) is 7.00. The average Bonchev–Trinajstić information content (AvgIpc) is 2.20. The Labute approximate surface area is 111 Å². The molecular formula is C14H18BrNO. The van der Waals surface area contributed by atoms with E-state index in [4.69, 9.17) is 0 Å². The highest BCUT2D eigenvalue weighted by Crippen LogP contribution is 2.28. The molecule has 1 aromatic rings. The van der Waals surface area contributed by atoms with Gasteiger partial charge in [0.1, 0.15) is 0 Å². The van der Waals surface area contributed by atoms with Crippen LogP contribution in [0.15, 0.2) is 22.7 Å². The van der Waals surface area contributed by atoms with Crippen molar-refractivity contribution in [2.45, 2.75) is 32.6 Å². The van der Waals surface area contributed by atoms with Gasteiger partial charge in [-0.1, -0.05) is 35.2 Å². The molecule has 1 fully saturated rings. The van der Waals surface area contributed by atoms with E-state index in [-0.39, 0.29) is 5.91 Å². The molecule has 17 heavy (non-hydrogen) atoms. The van der Waals surface area contributed by atoms with E-state index in [1.54, 1.807) is 0 Å². The molecule has 0 unspecified atom stereocenters. The number of nitrogens with one attached hydrogen (secondary N) is 1. The minimum Gasteiger partial charge on any atom is -0.352 e. The van der Waals surface area contributed by atoms with Gasteiger partial charge in [0.15, 0.2) is 0 Å². The van der Waals surface area contributed by atoms with Crippen molar-refractivity contribution in [2.24, 2.45) is 5.92 Å². The van der Waals surface area contributed by atoms with Crippen LogP contribution in [0.2, 0.25) is 0 Å². The first-order chi connectivity index (χ1) is 8.15. The molecule has 0 radical (unpaired) electrons. The molecule has 0 bridgehead atoms. The molecule has 1 aliphatic rings. The zero-order chi connectivity index (χ0) is 12.3. The monoisotopic (exact) mass is 295 g/mol. The summed E-state index contributed by atoms with van der Waals surface area (Å²) in [5.74, 6) is 0.883. The number of amides is 1. The number of hydrogen-bond donors (Lipinski definition) is 1. The van der Waals surface area contributed by atoms with E-state index in [1.165, 1.54) is 19.3 Å². The van der Waals surface area contributed by atoms with E-state index in [0.717, 1.165) is 34.5 Å². The Hall–Kier alpha value is -0.830. The number of carbonyl (C=O) groups excluding carboxylic acids is 1. The molecule has 1 saturated carbocycles. The fourth-order valence-electron chi connectivity index (χ4n) is 2.14. The molecule has 92 valence electrons. The van der Waals surface area contributed by atoms with Crippen molar-refractivity contribution in [2.75, 3.05) is 6.54 Å². The molecule has 3 heteroatoms. The number of hydrogen-bond acceptors (Lipinski definition) is 1. The second kappa shape index (κ2) is 5.67. The van der Waals surface area contributed by atoms with Crippen molar-refractivity contribution in [3.05, 3.63) is 33.8 Å². The number of carbonyl (C=O) groups is 1. The van der Waals surface area contributed by atoms with Gasteiger partial charge in [-0.25, -0.2) is 0 Å². The van der Waals surface area contributed by atoms with E-state index in [1.807, 2.05) is 25.1 Å². The molecule has 0 atom stereocenters. The molecule has 0 heterocycles. The van der Waals surface area contributed by atoms with Crippen LogP contribution < -0.4 is 5.32 Å². The topological polar surface area (TPSA) is 29.1 Å². The van der Waals surface area contributed by atoms with Gasteiger partial charge in [-0.2, -0.15) is 0 Å². The minimum atomic E-state index is 0.0359. The molecule has 0 aliphatic heterocycles. The van der Waals surface area contributed by atoms with Gasteiger partial charge in [0.05, 0.1) is 0 Å². The maximum atomic E-state index is 11.9. The van der Waals surface area contributed by atoms with Gasteiger partial charge in [-0.15, -0.1) is 0 Å². The molecule has 2 rings (SSSR count). The van der Waals surface area contributed by atoms with E-state index in [0.29, 0.717) is 0 Å². The second-order valence-electron chi connectivity index (χ2n) is 4.86. The largest absolute Gasteiger partial charge is 0.352 e. The van der Waals surface area contributed by atoms with Crippen LogP contribution in [0.25, 0.3) is 0 Å². The van der Waals surface area contributed by atoms with E-state index in [9.17, 15) is 4.79 Å². The quantitative estimate of drug-likeness (QED) is 0.902. The summed E-state index contributed by atoms with van der Waals surface area (Å²) in [6.45, 7) is 2.80. The lowest BCUT2D eigenvalue weighted by molar-refractivity contribution is 0.0949. The third kappa shape index (κ3) is 3.56.